The molecule has 0 spiro atoms. The van der Waals surface area contributed by atoms with Gasteiger partial charge in [0.1, 0.15) is 12.3 Å². The van der Waals surface area contributed by atoms with E-state index in [1.165, 1.54) is 6.07 Å². The number of nitrogens with one attached hydrogen (secondary N) is 3. The molecule has 0 unspecified atom stereocenters. The largest absolute Gasteiger partial charge is 0.547 e. The number of tetrazole rings is 1. The monoisotopic (exact) mass is 429 g/mol. The Morgan fingerprint density at radius 1 is 1.32 bits per heavy atom. The van der Waals surface area contributed by atoms with Gasteiger partial charge in [0.25, 0.3) is 5.91 Å². The van der Waals surface area contributed by atoms with E-state index >= 15 is 0 Å². The van der Waals surface area contributed by atoms with Crippen molar-refractivity contribution in [2.75, 3.05) is 13.1 Å². The van der Waals surface area contributed by atoms with Gasteiger partial charge in [0.2, 0.25) is 11.7 Å². The van der Waals surface area contributed by atoms with Gasteiger partial charge in [-0.15, -0.1) is 5.10 Å². The number of amides is 2. The second kappa shape index (κ2) is 8.69. The third kappa shape index (κ3) is 4.49. The maximum Gasteiger partial charge on any atom is 0.547 e. The number of hydrogen-bond donors (Lipinski definition) is 5. The van der Waals surface area contributed by atoms with Crippen LogP contribution in [-0.4, -0.2) is 80.3 Å². The van der Waals surface area contributed by atoms with Crippen molar-refractivity contribution in [1.82, 2.24) is 36.2 Å². The summed E-state index contributed by atoms with van der Waals surface area (Å²) in [4.78, 5) is 36.2. The minimum atomic E-state index is -1.47. The molecule has 5 N–H and O–H groups in total. The third-order valence-corrected chi connectivity index (χ3v) is 5.12. The van der Waals surface area contributed by atoms with Crippen LogP contribution >= 0.6 is 0 Å². The van der Waals surface area contributed by atoms with Gasteiger partial charge < -0.3 is 30.7 Å². The first-order valence-electron chi connectivity index (χ1n) is 9.69. The van der Waals surface area contributed by atoms with E-state index in [1.54, 1.807) is 12.1 Å². The molecule has 1 fully saturated rings. The van der Waals surface area contributed by atoms with Crippen LogP contribution in [0, 0.1) is 0 Å². The lowest BCUT2D eigenvalue weighted by atomic mass is 9.72. The first-order valence-corrected chi connectivity index (χ1v) is 9.69. The average Bonchev–Trinajstić information content (AvgIpc) is 3.40. The highest BCUT2D eigenvalue weighted by Crippen LogP contribution is 2.30. The van der Waals surface area contributed by atoms with Crippen LogP contribution in [0.25, 0.3) is 0 Å². The molecule has 3 heterocycles. The summed E-state index contributed by atoms with van der Waals surface area (Å²) in [6, 6.07) is 4.60. The quantitative estimate of drug-likeness (QED) is 0.311. The molecule has 162 valence electrons. The van der Waals surface area contributed by atoms with Gasteiger partial charge >= 0.3 is 13.1 Å². The molecule has 31 heavy (non-hydrogen) atoms. The fourth-order valence-corrected chi connectivity index (χ4v) is 3.61. The predicted octanol–water partition coefficient (Wildman–Crippen LogP) is -2.40. The van der Waals surface area contributed by atoms with Crippen LogP contribution in [0.5, 0.6) is 5.75 Å². The van der Waals surface area contributed by atoms with Gasteiger partial charge in [-0.25, -0.2) is 9.48 Å². The Morgan fingerprint density at radius 2 is 2.16 bits per heavy atom. The number of carbonyl (C=O) groups is 3. The van der Waals surface area contributed by atoms with Crippen molar-refractivity contribution in [2.24, 2.45) is 0 Å². The zero-order valence-electron chi connectivity index (χ0n) is 16.3. The number of para-hydroxylation sites is 1. The SMILES string of the molecule is O=C(Cn1nnnc1C(=O)N[C@H]1Cc2cccc(C(=O)O)c2OB1O)N[C@H]1CCNC1. The van der Waals surface area contributed by atoms with Gasteiger partial charge in [-0.1, -0.05) is 12.1 Å². The Kier molecular flexibility index (Phi) is 5.82. The minimum Gasteiger partial charge on any atom is -0.534 e. The van der Waals surface area contributed by atoms with Gasteiger partial charge in [-0.3, -0.25) is 9.59 Å². The molecule has 13 nitrogen and oxygen atoms in total. The summed E-state index contributed by atoms with van der Waals surface area (Å²) in [5.74, 6) is -3.21. The molecule has 2 aliphatic rings. The molecule has 1 saturated heterocycles. The van der Waals surface area contributed by atoms with Crippen LogP contribution in [0.4, 0.5) is 0 Å². The molecule has 14 heteroatoms. The molecule has 2 aliphatic heterocycles. The van der Waals surface area contributed by atoms with Gasteiger partial charge in [0.05, 0.1) is 11.5 Å². The number of rotatable bonds is 6. The molecular formula is C17H20BN7O6. The van der Waals surface area contributed by atoms with E-state index in [-0.39, 0.29) is 42.1 Å². The summed E-state index contributed by atoms with van der Waals surface area (Å²) in [5.41, 5.74) is 0.452. The predicted molar refractivity (Wildman–Crippen MR) is 104 cm³/mol. The molecule has 0 aliphatic carbocycles. The molecule has 1 aromatic heterocycles. The summed E-state index contributed by atoms with van der Waals surface area (Å²) in [7, 11) is -1.47. The summed E-state index contributed by atoms with van der Waals surface area (Å²) >= 11 is 0. The van der Waals surface area contributed by atoms with Crippen molar-refractivity contribution in [3.8, 4) is 5.75 Å². The van der Waals surface area contributed by atoms with Gasteiger partial charge in [0, 0.05) is 12.6 Å². The van der Waals surface area contributed by atoms with Gasteiger partial charge in [-0.05, 0) is 41.4 Å². The fraction of sp³-hybridized carbons (Fsp3) is 0.412. The van der Waals surface area contributed by atoms with Crippen molar-refractivity contribution in [1.29, 1.82) is 0 Å². The molecule has 0 bridgehead atoms. The number of benzene rings is 1. The van der Waals surface area contributed by atoms with Crippen LogP contribution in [0.15, 0.2) is 18.2 Å². The zero-order chi connectivity index (χ0) is 22.0. The molecule has 2 atom stereocenters. The van der Waals surface area contributed by atoms with Crippen LogP contribution in [-0.2, 0) is 17.8 Å². The lowest BCUT2D eigenvalue weighted by Gasteiger charge is -2.28. The topological polar surface area (TPSA) is 181 Å². The highest BCUT2D eigenvalue weighted by atomic mass is 16.5. The molecular weight excluding hydrogens is 409 g/mol. The molecule has 1 aromatic carbocycles. The maximum absolute atomic E-state index is 12.7. The zero-order valence-corrected chi connectivity index (χ0v) is 16.3. The van der Waals surface area contributed by atoms with Crippen LogP contribution in [0.2, 0.25) is 0 Å². The van der Waals surface area contributed by atoms with Crippen molar-refractivity contribution < 1.29 is 29.2 Å². The number of aromatic carboxylic acids is 1. The Bertz CT molecular complexity index is 1010. The first-order chi connectivity index (χ1) is 14.9. The fourth-order valence-electron chi connectivity index (χ4n) is 3.61. The first kappa shape index (κ1) is 20.7. The normalized spacial score (nSPS) is 20.0. The standard InChI is InChI=1S/C17H20BN7O6/c26-13(20-10-4-5-19-7-10)8-25-15(22-23-24-25)16(27)21-12-6-9-2-1-3-11(17(28)29)14(9)31-18(12)30/h1-3,10,12,19,30H,4-8H2,(H,20,26)(H,21,27)(H,28,29)/t10-,12-/m0/s1. The summed E-state index contributed by atoms with van der Waals surface area (Å²) < 4.78 is 6.42. The van der Waals surface area contributed by atoms with Gasteiger partial charge in [0.15, 0.2) is 0 Å². The average molecular weight is 429 g/mol. The van der Waals surface area contributed by atoms with Crippen LogP contribution in [0.3, 0.4) is 0 Å². The minimum absolute atomic E-state index is 0.0200. The Balaban J connectivity index is 1.42. The smallest absolute Gasteiger partial charge is 0.534 e. The molecule has 0 radical (unpaired) electrons. The molecule has 2 amide bonds. The van der Waals surface area contributed by atoms with Crippen molar-refractivity contribution >= 4 is 24.9 Å². The van der Waals surface area contributed by atoms with Crippen molar-refractivity contribution in [3.63, 3.8) is 0 Å². The number of aromatic nitrogens is 4. The number of carboxylic acids is 1. The van der Waals surface area contributed by atoms with Crippen molar-refractivity contribution in [3.05, 3.63) is 35.2 Å². The van der Waals surface area contributed by atoms with E-state index < -0.39 is 24.9 Å². The van der Waals surface area contributed by atoms with Crippen molar-refractivity contribution in [2.45, 2.75) is 31.4 Å². The second-order valence-corrected chi connectivity index (χ2v) is 7.31. The Labute approximate surface area is 176 Å². The van der Waals surface area contributed by atoms with E-state index in [9.17, 15) is 24.5 Å². The van der Waals surface area contributed by atoms with E-state index in [1.807, 2.05) is 0 Å². The molecule has 0 saturated carbocycles. The lowest BCUT2D eigenvalue weighted by Crippen LogP contribution is -2.53. The highest BCUT2D eigenvalue weighted by molar-refractivity contribution is 6.47. The Hall–Kier alpha value is -3.52. The number of nitrogens with zero attached hydrogens (tertiary/aromatic N) is 4. The Morgan fingerprint density at radius 3 is 2.90 bits per heavy atom. The maximum atomic E-state index is 12.7. The molecule has 4 rings (SSSR count). The van der Waals surface area contributed by atoms with E-state index in [0.717, 1.165) is 17.6 Å². The van der Waals surface area contributed by atoms with E-state index in [4.69, 9.17) is 4.65 Å². The molecule has 2 aromatic rings. The van der Waals surface area contributed by atoms with Crippen LogP contribution in [0.1, 0.15) is 33.0 Å². The number of carboxylic acid groups (broad SMARTS) is 1. The number of hydrogen-bond acceptors (Lipinski definition) is 9. The third-order valence-electron chi connectivity index (χ3n) is 5.12. The lowest BCUT2D eigenvalue weighted by molar-refractivity contribution is -0.122. The van der Waals surface area contributed by atoms with E-state index in [2.05, 4.69) is 31.5 Å². The summed E-state index contributed by atoms with van der Waals surface area (Å²) in [5, 5.41) is 38.9. The van der Waals surface area contributed by atoms with E-state index in [0.29, 0.717) is 12.1 Å². The van der Waals surface area contributed by atoms with Crippen LogP contribution < -0.4 is 20.6 Å². The summed E-state index contributed by atoms with van der Waals surface area (Å²) in [6.07, 6.45) is 0.958. The number of carbonyl (C=O) groups excluding carboxylic acids is 2. The summed E-state index contributed by atoms with van der Waals surface area (Å²) in [6.45, 7) is 1.27. The van der Waals surface area contributed by atoms with Gasteiger partial charge in [-0.2, -0.15) is 0 Å². The second-order valence-electron chi connectivity index (χ2n) is 7.31. The highest BCUT2D eigenvalue weighted by Gasteiger charge is 2.38. The number of fused-ring (bicyclic) bond motifs is 1.